The van der Waals surface area contributed by atoms with Gasteiger partial charge in [0.15, 0.2) is 0 Å². The molecule has 0 aliphatic carbocycles. The number of aromatic nitrogens is 4. The first-order valence-corrected chi connectivity index (χ1v) is 8.08. The standard InChI is InChI=1S/C18H18N4O2/c1(13-8-11-23-12-9-13)6-17-20-18(22-24-17)15-4-2-14(3-5-15)16-7-10-19-21-16/h1-7,10,13H,8-9,11-12H2,(H,19,21)/b6-1+. The number of nitrogens with zero attached hydrogens (tertiary/aromatic N) is 3. The number of hydrogen-bond acceptors (Lipinski definition) is 5. The molecule has 0 amide bonds. The molecule has 1 aliphatic heterocycles. The van der Waals surface area contributed by atoms with E-state index in [9.17, 15) is 0 Å². The Bertz CT molecular complexity index is 800. The van der Waals surface area contributed by atoms with Crippen molar-refractivity contribution in [3.05, 3.63) is 48.5 Å². The zero-order chi connectivity index (χ0) is 16.2. The van der Waals surface area contributed by atoms with Crippen molar-refractivity contribution in [3.8, 4) is 22.6 Å². The Morgan fingerprint density at radius 2 is 1.83 bits per heavy atom. The van der Waals surface area contributed by atoms with E-state index in [1.807, 2.05) is 36.4 Å². The first-order valence-electron chi connectivity index (χ1n) is 8.08. The van der Waals surface area contributed by atoms with E-state index in [1.165, 1.54) is 0 Å². The van der Waals surface area contributed by atoms with Crippen molar-refractivity contribution in [1.82, 2.24) is 20.3 Å². The van der Waals surface area contributed by atoms with E-state index in [1.54, 1.807) is 6.20 Å². The lowest BCUT2D eigenvalue weighted by Crippen LogP contribution is -2.13. The first kappa shape index (κ1) is 14.8. The molecule has 6 nitrogen and oxygen atoms in total. The van der Waals surface area contributed by atoms with E-state index < -0.39 is 0 Å². The molecule has 4 rings (SSSR count). The molecule has 24 heavy (non-hydrogen) atoms. The second kappa shape index (κ2) is 6.80. The Hall–Kier alpha value is -2.73. The van der Waals surface area contributed by atoms with Crippen molar-refractivity contribution >= 4 is 6.08 Å². The molecule has 1 fully saturated rings. The van der Waals surface area contributed by atoms with Crippen LogP contribution in [0.15, 0.2) is 47.1 Å². The molecule has 6 heteroatoms. The molecule has 0 bridgehead atoms. The van der Waals surface area contributed by atoms with Crippen LogP contribution < -0.4 is 0 Å². The molecule has 0 unspecified atom stereocenters. The summed E-state index contributed by atoms with van der Waals surface area (Å²) in [5.74, 6) is 1.66. The van der Waals surface area contributed by atoms with Crippen LogP contribution in [0.1, 0.15) is 18.7 Å². The summed E-state index contributed by atoms with van der Waals surface area (Å²) in [4.78, 5) is 4.44. The smallest absolute Gasteiger partial charge is 0.250 e. The zero-order valence-corrected chi connectivity index (χ0v) is 13.2. The largest absolute Gasteiger partial charge is 0.381 e. The highest BCUT2D eigenvalue weighted by atomic mass is 16.5. The highest BCUT2D eigenvalue weighted by molar-refractivity contribution is 5.64. The molecule has 3 aromatic rings. The predicted molar refractivity (Wildman–Crippen MR) is 89.9 cm³/mol. The predicted octanol–water partition coefficient (Wildman–Crippen LogP) is 3.57. The Balaban J connectivity index is 1.47. The third-order valence-corrected chi connectivity index (χ3v) is 4.17. The zero-order valence-electron chi connectivity index (χ0n) is 13.2. The number of allylic oxidation sites excluding steroid dienone is 1. The lowest BCUT2D eigenvalue weighted by Gasteiger charge is -2.18. The molecule has 3 heterocycles. The molecule has 0 radical (unpaired) electrons. The maximum Gasteiger partial charge on any atom is 0.250 e. The van der Waals surface area contributed by atoms with Gasteiger partial charge in [0.25, 0.3) is 5.89 Å². The molecule has 0 atom stereocenters. The number of hydrogen-bond donors (Lipinski definition) is 1. The normalized spacial score (nSPS) is 16.0. The molecular formula is C18H18N4O2. The van der Waals surface area contributed by atoms with Crippen LogP contribution in [0.4, 0.5) is 0 Å². The Morgan fingerprint density at radius 1 is 1.04 bits per heavy atom. The van der Waals surface area contributed by atoms with Crippen molar-refractivity contribution in [3.63, 3.8) is 0 Å². The van der Waals surface area contributed by atoms with Crippen LogP contribution in [0.5, 0.6) is 0 Å². The van der Waals surface area contributed by atoms with Crippen LogP contribution in [-0.2, 0) is 4.74 Å². The molecule has 0 saturated carbocycles. The van der Waals surface area contributed by atoms with E-state index in [-0.39, 0.29) is 0 Å². The van der Waals surface area contributed by atoms with Crippen molar-refractivity contribution in [2.24, 2.45) is 5.92 Å². The second-order valence-electron chi connectivity index (χ2n) is 5.81. The first-order chi connectivity index (χ1) is 11.9. The number of nitrogens with one attached hydrogen (secondary N) is 1. The molecule has 1 saturated heterocycles. The Labute approximate surface area is 139 Å². The van der Waals surface area contributed by atoms with Gasteiger partial charge in [0, 0.05) is 25.0 Å². The molecule has 122 valence electrons. The lowest BCUT2D eigenvalue weighted by atomic mass is 10.00. The quantitative estimate of drug-likeness (QED) is 0.794. The van der Waals surface area contributed by atoms with Crippen LogP contribution in [0, 0.1) is 5.92 Å². The maximum absolute atomic E-state index is 5.36. The number of benzene rings is 1. The topological polar surface area (TPSA) is 76.8 Å². The van der Waals surface area contributed by atoms with Crippen LogP contribution in [-0.4, -0.2) is 33.6 Å². The molecule has 1 aromatic carbocycles. The Kier molecular flexibility index (Phi) is 4.20. The summed E-state index contributed by atoms with van der Waals surface area (Å²) in [5.41, 5.74) is 2.97. The number of ether oxygens (including phenoxy) is 1. The van der Waals surface area contributed by atoms with Gasteiger partial charge in [0.1, 0.15) is 0 Å². The summed E-state index contributed by atoms with van der Waals surface area (Å²) in [6.07, 6.45) is 7.88. The van der Waals surface area contributed by atoms with Gasteiger partial charge in [-0.2, -0.15) is 10.1 Å². The van der Waals surface area contributed by atoms with E-state index >= 15 is 0 Å². The Morgan fingerprint density at radius 3 is 2.58 bits per heavy atom. The van der Waals surface area contributed by atoms with Crippen molar-refractivity contribution < 1.29 is 9.26 Å². The van der Waals surface area contributed by atoms with Gasteiger partial charge in [-0.3, -0.25) is 5.10 Å². The van der Waals surface area contributed by atoms with E-state index in [4.69, 9.17) is 9.26 Å². The van der Waals surface area contributed by atoms with Crippen LogP contribution in [0.25, 0.3) is 28.7 Å². The third kappa shape index (κ3) is 3.28. The van der Waals surface area contributed by atoms with E-state index in [2.05, 4.69) is 26.4 Å². The van der Waals surface area contributed by atoms with Gasteiger partial charge in [-0.05, 0) is 36.5 Å². The van der Waals surface area contributed by atoms with Crippen LogP contribution in [0.3, 0.4) is 0 Å². The van der Waals surface area contributed by atoms with Crippen LogP contribution >= 0.6 is 0 Å². The highest BCUT2D eigenvalue weighted by Gasteiger charge is 2.11. The van der Waals surface area contributed by atoms with Gasteiger partial charge in [-0.1, -0.05) is 35.5 Å². The summed E-state index contributed by atoms with van der Waals surface area (Å²) in [5, 5.41) is 11.0. The second-order valence-corrected chi connectivity index (χ2v) is 5.81. The minimum absolute atomic E-state index is 0.530. The molecule has 2 aromatic heterocycles. The number of rotatable bonds is 4. The summed E-state index contributed by atoms with van der Waals surface area (Å²) in [7, 11) is 0. The lowest BCUT2D eigenvalue weighted by molar-refractivity contribution is 0.0787. The van der Waals surface area contributed by atoms with Gasteiger partial charge in [0.05, 0.1) is 5.69 Å². The maximum atomic E-state index is 5.36. The van der Waals surface area contributed by atoms with Crippen molar-refractivity contribution in [2.75, 3.05) is 13.2 Å². The fourth-order valence-corrected chi connectivity index (χ4v) is 2.76. The average Bonchev–Trinajstić information content (AvgIpc) is 3.33. The van der Waals surface area contributed by atoms with Crippen LogP contribution in [0.2, 0.25) is 0 Å². The SMILES string of the molecule is C(=C\C1CCOCC1)/c1nc(-c2ccc(-c3ccn[nH]3)cc2)no1. The number of H-pyrrole nitrogens is 1. The van der Waals surface area contributed by atoms with Gasteiger partial charge in [-0.15, -0.1) is 0 Å². The number of aromatic amines is 1. The van der Waals surface area contributed by atoms with Gasteiger partial charge >= 0.3 is 0 Å². The van der Waals surface area contributed by atoms with Gasteiger partial charge in [-0.25, -0.2) is 0 Å². The van der Waals surface area contributed by atoms with Gasteiger partial charge in [0.2, 0.25) is 5.82 Å². The molecule has 1 N–H and O–H groups in total. The van der Waals surface area contributed by atoms with Crippen molar-refractivity contribution in [2.45, 2.75) is 12.8 Å². The highest BCUT2D eigenvalue weighted by Crippen LogP contribution is 2.22. The molecular weight excluding hydrogens is 304 g/mol. The molecule has 1 aliphatic rings. The summed E-state index contributed by atoms with van der Waals surface area (Å²) in [6.45, 7) is 1.65. The minimum Gasteiger partial charge on any atom is -0.381 e. The minimum atomic E-state index is 0.530. The summed E-state index contributed by atoms with van der Waals surface area (Å²) >= 11 is 0. The summed E-state index contributed by atoms with van der Waals surface area (Å²) in [6, 6.07) is 9.91. The van der Waals surface area contributed by atoms with Crippen molar-refractivity contribution in [1.29, 1.82) is 0 Å². The van der Waals surface area contributed by atoms with E-state index in [0.29, 0.717) is 17.6 Å². The monoisotopic (exact) mass is 322 g/mol. The fourth-order valence-electron chi connectivity index (χ4n) is 2.76. The third-order valence-electron chi connectivity index (χ3n) is 4.17. The van der Waals surface area contributed by atoms with Gasteiger partial charge < -0.3 is 9.26 Å². The molecule has 0 spiro atoms. The summed E-state index contributed by atoms with van der Waals surface area (Å²) < 4.78 is 10.7. The fraction of sp³-hybridized carbons (Fsp3) is 0.278. The van der Waals surface area contributed by atoms with E-state index in [0.717, 1.165) is 42.9 Å². The average molecular weight is 322 g/mol.